The van der Waals surface area contributed by atoms with Crippen LogP contribution in [0, 0.1) is 0 Å². The molecule has 0 bridgehead atoms. The van der Waals surface area contributed by atoms with Crippen molar-refractivity contribution in [1.82, 2.24) is 9.97 Å². The van der Waals surface area contributed by atoms with Gasteiger partial charge in [0.05, 0.1) is 0 Å². The summed E-state index contributed by atoms with van der Waals surface area (Å²) in [7, 11) is 0. The number of nitrogens with zero attached hydrogens (tertiary/aromatic N) is 2. The van der Waals surface area contributed by atoms with Crippen LogP contribution in [-0.4, -0.2) is 21.8 Å². The number of rotatable bonds is 4. The van der Waals surface area contributed by atoms with Crippen LogP contribution in [-0.2, 0) is 0 Å². The van der Waals surface area contributed by atoms with Crippen molar-refractivity contribution in [3.63, 3.8) is 0 Å². The molecule has 0 amide bonds. The number of halogens is 1. The normalized spacial score (nSPS) is 19.9. The van der Waals surface area contributed by atoms with Crippen LogP contribution in [0.15, 0.2) is 0 Å². The molecule has 1 N–H and O–H groups in total. The molecule has 0 aromatic carbocycles. The third-order valence-electron chi connectivity index (χ3n) is 4.09. The molecule has 1 heterocycles. The van der Waals surface area contributed by atoms with Gasteiger partial charge in [-0.1, -0.05) is 30.9 Å². The molecule has 0 aliphatic heterocycles. The zero-order chi connectivity index (χ0) is 14.1. The van der Waals surface area contributed by atoms with Gasteiger partial charge < -0.3 is 5.32 Å². The molecule has 5 heteroatoms. The van der Waals surface area contributed by atoms with Gasteiger partial charge in [0.25, 0.3) is 0 Å². The van der Waals surface area contributed by atoms with Gasteiger partial charge in [-0.05, 0) is 25.7 Å². The number of hydrogen-bond acceptors (Lipinski definition) is 4. The monoisotopic (exact) mass is 293 g/mol. The first-order valence-corrected chi connectivity index (χ1v) is 7.88. The van der Waals surface area contributed by atoms with Gasteiger partial charge in [0.1, 0.15) is 22.4 Å². The third kappa shape index (κ3) is 2.95. The molecule has 2 aliphatic rings. The Kier molecular flexibility index (Phi) is 3.92. The van der Waals surface area contributed by atoms with Crippen LogP contribution in [0.3, 0.4) is 0 Å². The van der Waals surface area contributed by atoms with E-state index in [1.807, 2.05) is 0 Å². The summed E-state index contributed by atoms with van der Waals surface area (Å²) in [4.78, 5) is 20.6. The van der Waals surface area contributed by atoms with Gasteiger partial charge in [-0.2, -0.15) is 0 Å². The minimum absolute atomic E-state index is 0.0917. The van der Waals surface area contributed by atoms with Gasteiger partial charge in [0, 0.05) is 18.9 Å². The largest absolute Gasteiger partial charge is 0.366 e. The standard InChI is InChI=1S/C15H20ClN3O/c1-9(20)13-12(16)15(17-11-5-3-2-4-6-11)19-14(18-13)10-7-8-10/h10-11H,2-8H2,1H3,(H,17,18,19). The van der Waals surface area contributed by atoms with Gasteiger partial charge in [-0.3, -0.25) is 4.79 Å². The summed E-state index contributed by atoms with van der Waals surface area (Å²) in [6, 6.07) is 0.419. The Hall–Kier alpha value is -1.16. The van der Waals surface area contributed by atoms with E-state index in [2.05, 4.69) is 15.3 Å². The van der Waals surface area contributed by atoms with E-state index in [4.69, 9.17) is 11.6 Å². The summed E-state index contributed by atoms with van der Waals surface area (Å²) in [6.07, 6.45) is 8.32. The minimum Gasteiger partial charge on any atom is -0.366 e. The Balaban J connectivity index is 1.89. The van der Waals surface area contributed by atoms with Crippen molar-refractivity contribution in [2.45, 2.75) is 63.8 Å². The lowest BCUT2D eigenvalue weighted by atomic mass is 9.95. The number of carbonyl (C=O) groups excluding carboxylic acids is 1. The zero-order valence-electron chi connectivity index (χ0n) is 11.8. The fourth-order valence-corrected chi connectivity index (χ4v) is 3.03. The molecule has 2 saturated carbocycles. The molecule has 3 rings (SSSR count). The average molecular weight is 294 g/mol. The lowest BCUT2D eigenvalue weighted by Crippen LogP contribution is -2.24. The van der Waals surface area contributed by atoms with Crippen LogP contribution in [0.5, 0.6) is 0 Å². The minimum atomic E-state index is -0.0917. The quantitative estimate of drug-likeness (QED) is 0.854. The van der Waals surface area contributed by atoms with Crippen molar-refractivity contribution in [2.75, 3.05) is 5.32 Å². The molecular formula is C15H20ClN3O. The molecule has 0 spiro atoms. The maximum Gasteiger partial charge on any atom is 0.179 e. The highest BCUT2D eigenvalue weighted by molar-refractivity contribution is 6.35. The van der Waals surface area contributed by atoms with Gasteiger partial charge in [0.15, 0.2) is 5.78 Å². The number of ketones is 1. The summed E-state index contributed by atoms with van der Waals surface area (Å²) in [5.41, 5.74) is 0.363. The van der Waals surface area contributed by atoms with Gasteiger partial charge in [0.2, 0.25) is 0 Å². The molecular weight excluding hydrogens is 274 g/mol. The van der Waals surface area contributed by atoms with Gasteiger partial charge in [-0.25, -0.2) is 9.97 Å². The predicted octanol–water partition coefficient (Wildman–Crippen LogP) is 3.95. The summed E-state index contributed by atoms with van der Waals surface area (Å²) in [5.74, 6) is 1.75. The van der Waals surface area contributed by atoms with Crippen LogP contribution in [0.25, 0.3) is 0 Å². The van der Waals surface area contributed by atoms with E-state index < -0.39 is 0 Å². The first kappa shape index (κ1) is 13.8. The van der Waals surface area contributed by atoms with E-state index in [0.717, 1.165) is 31.5 Å². The van der Waals surface area contributed by atoms with E-state index in [9.17, 15) is 4.79 Å². The van der Waals surface area contributed by atoms with Gasteiger partial charge in [-0.15, -0.1) is 0 Å². The average Bonchev–Trinajstić information content (AvgIpc) is 3.26. The number of nitrogens with one attached hydrogen (secondary N) is 1. The van der Waals surface area contributed by atoms with E-state index in [-0.39, 0.29) is 5.78 Å². The van der Waals surface area contributed by atoms with Crippen LogP contribution >= 0.6 is 11.6 Å². The topological polar surface area (TPSA) is 54.9 Å². The first-order valence-electron chi connectivity index (χ1n) is 7.50. The zero-order valence-corrected chi connectivity index (χ0v) is 12.5. The SMILES string of the molecule is CC(=O)c1nc(C2CC2)nc(NC2CCCCC2)c1Cl. The number of carbonyl (C=O) groups is 1. The number of anilines is 1. The second-order valence-electron chi connectivity index (χ2n) is 5.90. The van der Waals surface area contributed by atoms with Crippen molar-refractivity contribution < 1.29 is 4.79 Å². The molecule has 20 heavy (non-hydrogen) atoms. The third-order valence-corrected chi connectivity index (χ3v) is 4.45. The molecule has 108 valence electrons. The van der Waals surface area contributed by atoms with Crippen molar-refractivity contribution in [2.24, 2.45) is 0 Å². The molecule has 0 radical (unpaired) electrons. The van der Waals surface area contributed by atoms with E-state index in [1.54, 1.807) is 0 Å². The summed E-state index contributed by atoms with van der Waals surface area (Å²) in [5, 5.41) is 3.81. The van der Waals surface area contributed by atoms with Crippen LogP contribution < -0.4 is 5.32 Å². The van der Waals surface area contributed by atoms with Crippen LogP contribution in [0.4, 0.5) is 5.82 Å². The summed E-state index contributed by atoms with van der Waals surface area (Å²) < 4.78 is 0. The Morgan fingerprint density at radius 1 is 1.15 bits per heavy atom. The highest BCUT2D eigenvalue weighted by atomic mass is 35.5. The van der Waals surface area contributed by atoms with Crippen molar-refractivity contribution in [3.8, 4) is 0 Å². The van der Waals surface area contributed by atoms with E-state index in [1.165, 1.54) is 26.2 Å². The number of Topliss-reactive ketones (excluding diaryl/α,β-unsaturated/α-hetero) is 1. The Morgan fingerprint density at radius 2 is 1.85 bits per heavy atom. The predicted molar refractivity (Wildman–Crippen MR) is 79.5 cm³/mol. The molecule has 2 aliphatic carbocycles. The summed E-state index contributed by atoms with van der Waals surface area (Å²) >= 11 is 6.31. The van der Waals surface area contributed by atoms with Crippen LogP contribution in [0.2, 0.25) is 5.02 Å². The molecule has 0 atom stereocenters. The maximum atomic E-state index is 11.7. The second kappa shape index (κ2) is 5.68. The summed E-state index contributed by atoms with van der Waals surface area (Å²) in [6.45, 7) is 1.51. The van der Waals surface area contributed by atoms with Crippen molar-refractivity contribution >= 4 is 23.2 Å². The molecule has 2 fully saturated rings. The first-order chi connectivity index (χ1) is 9.65. The number of aromatic nitrogens is 2. The van der Waals surface area contributed by atoms with Crippen molar-refractivity contribution in [1.29, 1.82) is 0 Å². The maximum absolute atomic E-state index is 11.7. The molecule has 4 nitrogen and oxygen atoms in total. The van der Waals surface area contributed by atoms with E-state index in [0.29, 0.717) is 28.5 Å². The lowest BCUT2D eigenvalue weighted by molar-refractivity contribution is 0.101. The Labute approximate surface area is 124 Å². The highest BCUT2D eigenvalue weighted by Gasteiger charge is 2.29. The van der Waals surface area contributed by atoms with Gasteiger partial charge >= 0.3 is 0 Å². The molecule has 0 unspecified atom stereocenters. The fourth-order valence-electron chi connectivity index (χ4n) is 2.76. The fraction of sp³-hybridized carbons (Fsp3) is 0.667. The number of hydrogen-bond donors (Lipinski definition) is 1. The lowest BCUT2D eigenvalue weighted by Gasteiger charge is -2.24. The molecule has 1 aromatic heterocycles. The Morgan fingerprint density at radius 3 is 2.45 bits per heavy atom. The second-order valence-corrected chi connectivity index (χ2v) is 6.28. The molecule has 0 saturated heterocycles. The van der Waals surface area contributed by atoms with Crippen molar-refractivity contribution in [3.05, 3.63) is 16.5 Å². The smallest absolute Gasteiger partial charge is 0.179 e. The van der Waals surface area contributed by atoms with Crippen LogP contribution in [0.1, 0.15) is 74.1 Å². The molecule has 1 aromatic rings. The Bertz CT molecular complexity index is 522. The highest BCUT2D eigenvalue weighted by Crippen LogP contribution is 2.40. The van der Waals surface area contributed by atoms with E-state index >= 15 is 0 Å².